The van der Waals surface area contributed by atoms with Gasteiger partial charge in [-0.05, 0) is 49.1 Å². The van der Waals surface area contributed by atoms with Gasteiger partial charge in [-0.3, -0.25) is 4.79 Å². The van der Waals surface area contributed by atoms with E-state index in [2.05, 4.69) is 0 Å². The third kappa shape index (κ3) is 2.23. The van der Waals surface area contributed by atoms with Crippen LogP contribution in [0.3, 0.4) is 0 Å². The molecule has 1 aliphatic rings. The smallest absolute Gasteiger partial charge is 0.262 e. The summed E-state index contributed by atoms with van der Waals surface area (Å²) in [5.41, 5.74) is 9.64. The number of hydrogen-bond acceptors (Lipinski definition) is 3. The maximum Gasteiger partial charge on any atom is 0.262 e. The highest BCUT2D eigenvalue weighted by molar-refractivity contribution is 6.09. The van der Waals surface area contributed by atoms with Crippen LogP contribution in [0.4, 0.5) is 11.4 Å². The molecule has 108 valence electrons. The Morgan fingerprint density at radius 1 is 1.24 bits per heavy atom. The Kier molecular flexibility index (Phi) is 3.29. The van der Waals surface area contributed by atoms with Crippen molar-refractivity contribution in [3.05, 3.63) is 53.1 Å². The number of nitrogens with zero attached hydrogens (tertiary/aromatic N) is 1. The number of hydrogen-bond donors (Lipinski definition) is 2. The van der Waals surface area contributed by atoms with Gasteiger partial charge in [-0.25, -0.2) is 0 Å². The maximum atomic E-state index is 12.8. The lowest BCUT2D eigenvalue weighted by atomic mass is 9.98. The third-order valence-electron chi connectivity index (χ3n) is 4.00. The number of phenols is 1. The number of benzene rings is 2. The Morgan fingerprint density at radius 2 is 2.00 bits per heavy atom. The van der Waals surface area contributed by atoms with E-state index < -0.39 is 0 Å². The highest BCUT2D eigenvalue weighted by Gasteiger charge is 2.26. The molecule has 1 aliphatic heterocycles. The summed E-state index contributed by atoms with van der Waals surface area (Å²) in [7, 11) is 0. The van der Waals surface area contributed by atoms with E-state index >= 15 is 0 Å². The molecule has 0 radical (unpaired) electrons. The normalized spacial score (nSPS) is 13.9. The van der Waals surface area contributed by atoms with E-state index in [-0.39, 0.29) is 11.7 Å². The van der Waals surface area contributed by atoms with Crippen LogP contribution in [0.15, 0.2) is 36.4 Å². The molecule has 0 saturated heterocycles. The summed E-state index contributed by atoms with van der Waals surface area (Å²) in [5, 5.41) is 10.1. The Labute approximate surface area is 123 Å². The zero-order valence-corrected chi connectivity index (χ0v) is 12.0. The van der Waals surface area contributed by atoms with Gasteiger partial charge in [0.15, 0.2) is 0 Å². The second-order valence-electron chi connectivity index (χ2n) is 5.38. The van der Waals surface area contributed by atoms with E-state index in [9.17, 15) is 9.90 Å². The number of para-hydroxylation sites is 1. The predicted molar refractivity (Wildman–Crippen MR) is 83.7 cm³/mol. The average Bonchev–Trinajstić information content (AvgIpc) is 2.49. The van der Waals surface area contributed by atoms with Crippen molar-refractivity contribution in [3.8, 4) is 5.75 Å². The van der Waals surface area contributed by atoms with E-state index in [1.165, 1.54) is 0 Å². The zero-order valence-electron chi connectivity index (χ0n) is 12.0. The monoisotopic (exact) mass is 282 g/mol. The van der Waals surface area contributed by atoms with Gasteiger partial charge in [-0.15, -0.1) is 0 Å². The van der Waals surface area contributed by atoms with Crippen LogP contribution in [0.5, 0.6) is 5.75 Å². The first-order chi connectivity index (χ1) is 10.1. The Hall–Kier alpha value is -2.49. The first-order valence-corrected chi connectivity index (χ1v) is 7.07. The van der Waals surface area contributed by atoms with Gasteiger partial charge in [-0.2, -0.15) is 0 Å². The number of nitrogen functional groups attached to an aromatic ring is 1. The van der Waals surface area contributed by atoms with Crippen LogP contribution in [0.25, 0.3) is 0 Å². The van der Waals surface area contributed by atoms with Gasteiger partial charge >= 0.3 is 0 Å². The molecule has 0 aromatic heterocycles. The fourth-order valence-electron chi connectivity index (χ4n) is 2.84. The van der Waals surface area contributed by atoms with Crippen molar-refractivity contribution < 1.29 is 9.90 Å². The maximum absolute atomic E-state index is 12.8. The molecule has 4 heteroatoms. The molecular formula is C17H18N2O2. The molecule has 0 spiro atoms. The first kappa shape index (κ1) is 13.5. The summed E-state index contributed by atoms with van der Waals surface area (Å²) in [6.07, 6.45) is 1.76. The summed E-state index contributed by atoms with van der Waals surface area (Å²) >= 11 is 0. The van der Waals surface area contributed by atoms with Crippen LogP contribution < -0.4 is 10.6 Å². The van der Waals surface area contributed by atoms with Crippen LogP contribution in [-0.4, -0.2) is 17.6 Å². The standard InChI is InChI=1S/C17H18N2O2/c1-11-5-2-6-13(16(11)20)17(21)19-10-4-7-12-14(18)8-3-9-15(12)19/h2-3,5-6,8-9,20H,4,7,10,18H2,1H3. The number of carbonyl (C=O) groups excluding carboxylic acids is 1. The van der Waals surface area contributed by atoms with Crippen LogP contribution >= 0.6 is 0 Å². The fraction of sp³-hybridized carbons (Fsp3) is 0.235. The van der Waals surface area contributed by atoms with Gasteiger partial charge in [0.25, 0.3) is 5.91 Å². The van der Waals surface area contributed by atoms with Crippen molar-refractivity contribution >= 4 is 17.3 Å². The number of carbonyl (C=O) groups is 1. The number of aromatic hydroxyl groups is 1. The molecule has 2 aromatic carbocycles. The molecule has 0 bridgehead atoms. The lowest BCUT2D eigenvalue weighted by Crippen LogP contribution is -2.35. The predicted octanol–water partition coefficient (Wildman–Crippen LogP) is 2.88. The fourth-order valence-corrected chi connectivity index (χ4v) is 2.84. The Balaban J connectivity index is 2.05. The zero-order chi connectivity index (χ0) is 15.0. The van der Waals surface area contributed by atoms with Crippen LogP contribution in [-0.2, 0) is 6.42 Å². The van der Waals surface area contributed by atoms with Crippen molar-refractivity contribution in [1.29, 1.82) is 0 Å². The summed E-state index contributed by atoms with van der Waals surface area (Å²) < 4.78 is 0. The minimum atomic E-state index is -0.178. The molecule has 3 rings (SSSR count). The number of aryl methyl sites for hydroxylation is 1. The molecule has 3 N–H and O–H groups in total. The van der Waals surface area contributed by atoms with E-state index in [0.717, 1.165) is 29.8 Å². The first-order valence-electron chi connectivity index (χ1n) is 7.07. The SMILES string of the molecule is Cc1cccc(C(=O)N2CCCc3c(N)cccc32)c1O. The van der Waals surface area contributed by atoms with Crippen molar-refractivity contribution in [2.75, 3.05) is 17.2 Å². The number of amides is 1. The van der Waals surface area contributed by atoms with Crippen molar-refractivity contribution in [2.24, 2.45) is 0 Å². The van der Waals surface area contributed by atoms with Crippen LogP contribution in [0, 0.1) is 6.92 Å². The minimum Gasteiger partial charge on any atom is -0.507 e. The molecule has 0 unspecified atom stereocenters. The Bertz CT molecular complexity index is 710. The lowest BCUT2D eigenvalue weighted by Gasteiger charge is -2.30. The molecule has 0 atom stereocenters. The number of fused-ring (bicyclic) bond motifs is 1. The van der Waals surface area contributed by atoms with Crippen molar-refractivity contribution in [2.45, 2.75) is 19.8 Å². The summed E-state index contributed by atoms with van der Waals surface area (Å²) in [5.74, 6) is -0.124. The minimum absolute atomic E-state index is 0.0542. The number of phenolic OH excluding ortho intramolecular Hbond substituents is 1. The molecule has 4 nitrogen and oxygen atoms in total. The summed E-state index contributed by atoms with van der Waals surface area (Å²) in [6.45, 7) is 2.43. The molecule has 1 heterocycles. The summed E-state index contributed by atoms with van der Waals surface area (Å²) in [4.78, 5) is 14.5. The van der Waals surface area contributed by atoms with E-state index in [1.54, 1.807) is 30.0 Å². The summed E-state index contributed by atoms with van der Waals surface area (Å²) in [6, 6.07) is 10.9. The molecule has 0 aliphatic carbocycles. The van der Waals surface area contributed by atoms with Gasteiger partial charge in [0.2, 0.25) is 0 Å². The largest absolute Gasteiger partial charge is 0.507 e. The molecule has 0 saturated carbocycles. The van der Waals surface area contributed by atoms with Gasteiger partial charge in [-0.1, -0.05) is 18.2 Å². The number of anilines is 2. The highest BCUT2D eigenvalue weighted by atomic mass is 16.3. The van der Waals surface area contributed by atoms with Gasteiger partial charge in [0.05, 0.1) is 5.56 Å². The Morgan fingerprint density at radius 3 is 2.81 bits per heavy atom. The van der Waals surface area contributed by atoms with Crippen LogP contribution in [0.1, 0.15) is 27.9 Å². The third-order valence-corrected chi connectivity index (χ3v) is 4.00. The number of rotatable bonds is 1. The van der Waals surface area contributed by atoms with E-state index in [1.807, 2.05) is 18.2 Å². The second kappa shape index (κ2) is 5.13. The molecule has 21 heavy (non-hydrogen) atoms. The average molecular weight is 282 g/mol. The highest BCUT2D eigenvalue weighted by Crippen LogP contribution is 2.33. The van der Waals surface area contributed by atoms with Crippen molar-refractivity contribution in [3.63, 3.8) is 0 Å². The molecule has 1 amide bonds. The lowest BCUT2D eigenvalue weighted by molar-refractivity contribution is 0.0982. The molecule has 0 fully saturated rings. The van der Waals surface area contributed by atoms with Crippen molar-refractivity contribution in [1.82, 2.24) is 0 Å². The van der Waals surface area contributed by atoms with E-state index in [0.29, 0.717) is 17.7 Å². The second-order valence-corrected chi connectivity index (χ2v) is 5.38. The number of nitrogens with two attached hydrogens (primary N) is 1. The topological polar surface area (TPSA) is 66.6 Å². The van der Waals surface area contributed by atoms with Gasteiger partial charge < -0.3 is 15.7 Å². The quantitative estimate of drug-likeness (QED) is 0.790. The van der Waals surface area contributed by atoms with Gasteiger partial charge in [0, 0.05) is 17.9 Å². The molecular weight excluding hydrogens is 264 g/mol. The van der Waals surface area contributed by atoms with E-state index in [4.69, 9.17) is 5.73 Å². The molecule has 2 aromatic rings. The van der Waals surface area contributed by atoms with Gasteiger partial charge in [0.1, 0.15) is 5.75 Å². The van der Waals surface area contributed by atoms with Crippen LogP contribution in [0.2, 0.25) is 0 Å².